The molecule has 1 N–H and O–H groups in total. The number of nitrogens with zero attached hydrogens (tertiary/aromatic N) is 2. The van der Waals surface area contributed by atoms with Crippen molar-refractivity contribution in [1.82, 2.24) is 15.1 Å². The molecule has 0 spiro atoms. The molecule has 0 radical (unpaired) electrons. The number of halogens is 1. The number of rotatable bonds is 5. The van der Waals surface area contributed by atoms with Crippen LogP contribution in [0.15, 0.2) is 77.6 Å². The molecule has 0 bridgehead atoms. The minimum Gasteiger partial charge on any atom is -0.340 e. The Balaban J connectivity index is 1.79. The van der Waals surface area contributed by atoms with Gasteiger partial charge in [-0.1, -0.05) is 61.5 Å². The highest BCUT2D eigenvalue weighted by Gasteiger charge is 2.22. The zero-order valence-electron chi connectivity index (χ0n) is 17.3. The molecule has 5 nitrogen and oxygen atoms in total. The Labute approximate surface area is 179 Å². The van der Waals surface area contributed by atoms with Crippen molar-refractivity contribution in [2.24, 2.45) is 7.05 Å². The lowest BCUT2D eigenvalue weighted by Gasteiger charge is -2.21. The lowest BCUT2D eigenvalue weighted by atomic mass is 9.96. The third-order valence-electron chi connectivity index (χ3n) is 5.35. The Morgan fingerprint density at radius 2 is 1.71 bits per heavy atom. The van der Waals surface area contributed by atoms with Crippen LogP contribution in [0, 0.1) is 5.82 Å². The zero-order valence-corrected chi connectivity index (χ0v) is 17.3. The van der Waals surface area contributed by atoms with Gasteiger partial charge in [-0.05, 0) is 41.3 Å². The Hall–Kier alpha value is -3.80. The van der Waals surface area contributed by atoms with Crippen LogP contribution in [0.4, 0.5) is 4.39 Å². The van der Waals surface area contributed by atoms with Gasteiger partial charge in [-0.15, -0.1) is 0 Å². The van der Waals surface area contributed by atoms with Gasteiger partial charge in [-0.25, -0.2) is 9.07 Å². The third-order valence-corrected chi connectivity index (χ3v) is 5.35. The van der Waals surface area contributed by atoms with Crippen LogP contribution in [-0.2, 0) is 13.5 Å². The summed E-state index contributed by atoms with van der Waals surface area (Å²) >= 11 is 0. The van der Waals surface area contributed by atoms with E-state index in [1.54, 1.807) is 36.4 Å². The predicted octanol–water partition coefficient (Wildman–Crippen LogP) is 4.15. The average molecular weight is 415 g/mol. The number of benzene rings is 3. The monoisotopic (exact) mass is 415 g/mol. The standard InChI is InChI=1S/C25H22FN3O2/c1-3-16-11-13-17(14-12-16)22(18-7-6-8-19(26)15-18)27-24(30)23-20-9-4-5-10-21(20)25(31)29(2)28-23/h4-15,22H,3H2,1-2H3,(H,27,30)/t22-/m1/s1. The van der Waals surface area contributed by atoms with E-state index in [1.807, 2.05) is 24.3 Å². The number of fused-ring (bicyclic) bond motifs is 1. The van der Waals surface area contributed by atoms with Crippen molar-refractivity contribution < 1.29 is 9.18 Å². The average Bonchev–Trinajstić information content (AvgIpc) is 2.80. The van der Waals surface area contributed by atoms with Gasteiger partial charge in [0.2, 0.25) is 0 Å². The summed E-state index contributed by atoms with van der Waals surface area (Å²) in [6, 6.07) is 20.3. The summed E-state index contributed by atoms with van der Waals surface area (Å²) in [7, 11) is 1.51. The molecule has 4 rings (SSSR count). The van der Waals surface area contributed by atoms with E-state index >= 15 is 0 Å². The SMILES string of the molecule is CCc1ccc([C@@H](NC(=O)c2nn(C)c(=O)c3ccccc23)c2cccc(F)c2)cc1. The number of hydrogen-bond acceptors (Lipinski definition) is 3. The van der Waals surface area contributed by atoms with E-state index in [-0.39, 0.29) is 17.1 Å². The van der Waals surface area contributed by atoms with Gasteiger partial charge >= 0.3 is 0 Å². The molecule has 1 amide bonds. The van der Waals surface area contributed by atoms with Crippen LogP contribution < -0.4 is 10.9 Å². The summed E-state index contributed by atoms with van der Waals surface area (Å²) in [5, 5.41) is 8.08. The number of carbonyl (C=O) groups is 1. The first-order valence-corrected chi connectivity index (χ1v) is 10.1. The first kappa shape index (κ1) is 20.5. The second-order valence-electron chi connectivity index (χ2n) is 7.38. The lowest BCUT2D eigenvalue weighted by molar-refractivity contribution is 0.0937. The molecular weight excluding hydrogens is 393 g/mol. The van der Waals surface area contributed by atoms with Crippen molar-refractivity contribution in [3.05, 3.63) is 111 Å². The van der Waals surface area contributed by atoms with E-state index in [9.17, 15) is 14.0 Å². The highest BCUT2D eigenvalue weighted by atomic mass is 19.1. The number of aryl methyl sites for hydroxylation is 2. The maximum Gasteiger partial charge on any atom is 0.274 e. The first-order valence-electron chi connectivity index (χ1n) is 10.1. The fourth-order valence-corrected chi connectivity index (χ4v) is 3.66. The minimum atomic E-state index is -0.577. The number of amides is 1. The largest absolute Gasteiger partial charge is 0.340 e. The number of nitrogens with one attached hydrogen (secondary N) is 1. The van der Waals surface area contributed by atoms with Crippen molar-refractivity contribution in [1.29, 1.82) is 0 Å². The summed E-state index contributed by atoms with van der Waals surface area (Å²) in [5.74, 6) is -0.826. The molecule has 1 atom stereocenters. The van der Waals surface area contributed by atoms with Gasteiger partial charge in [-0.3, -0.25) is 9.59 Å². The van der Waals surface area contributed by atoms with Gasteiger partial charge in [0, 0.05) is 12.4 Å². The maximum absolute atomic E-state index is 14.0. The zero-order chi connectivity index (χ0) is 22.0. The normalized spacial score (nSPS) is 12.0. The maximum atomic E-state index is 14.0. The van der Waals surface area contributed by atoms with Crippen molar-refractivity contribution >= 4 is 16.7 Å². The molecule has 0 aliphatic heterocycles. The van der Waals surface area contributed by atoms with Gasteiger partial charge in [0.25, 0.3) is 11.5 Å². The van der Waals surface area contributed by atoms with Crippen LogP contribution in [0.3, 0.4) is 0 Å². The molecule has 0 saturated heterocycles. The summed E-state index contributed by atoms with van der Waals surface area (Å²) in [4.78, 5) is 25.7. The number of aromatic nitrogens is 2. The van der Waals surface area contributed by atoms with Gasteiger partial charge < -0.3 is 5.32 Å². The van der Waals surface area contributed by atoms with Crippen LogP contribution in [-0.4, -0.2) is 15.7 Å². The van der Waals surface area contributed by atoms with Gasteiger partial charge in [-0.2, -0.15) is 5.10 Å². The molecule has 3 aromatic carbocycles. The molecule has 156 valence electrons. The highest BCUT2D eigenvalue weighted by Crippen LogP contribution is 2.24. The molecule has 0 saturated carbocycles. The van der Waals surface area contributed by atoms with Crippen LogP contribution in [0.1, 0.15) is 40.1 Å². The second kappa shape index (κ2) is 8.52. The highest BCUT2D eigenvalue weighted by molar-refractivity contribution is 6.05. The lowest BCUT2D eigenvalue weighted by Crippen LogP contribution is -2.32. The van der Waals surface area contributed by atoms with E-state index in [4.69, 9.17) is 0 Å². The second-order valence-corrected chi connectivity index (χ2v) is 7.38. The Bertz CT molecular complexity index is 1310. The smallest absolute Gasteiger partial charge is 0.274 e. The summed E-state index contributed by atoms with van der Waals surface area (Å²) in [6.45, 7) is 2.07. The molecule has 31 heavy (non-hydrogen) atoms. The van der Waals surface area contributed by atoms with E-state index < -0.39 is 11.9 Å². The van der Waals surface area contributed by atoms with Crippen LogP contribution in [0.2, 0.25) is 0 Å². The predicted molar refractivity (Wildman–Crippen MR) is 119 cm³/mol. The molecule has 4 aromatic rings. The van der Waals surface area contributed by atoms with Gasteiger partial charge in [0.15, 0.2) is 5.69 Å². The van der Waals surface area contributed by atoms with Crippen molar-refractivity contribution in [2.75, 3.05) is 0 Å². The van der Waals surface area contributed by atoms with Gasteiger partial charge in [0.1, 0.15) is 5.82 Å². The molecule has 6 heteroatoms. The Kier molecular flexibility index (Phi) is 5.62. The van der Waals surface area contributed by atoms with E-state index in [2.05, 4.69) is 17.3 Å². The van der Waals surface area contributed by atoms with Crippen molar-refractivity contribution in [3.8, 4) is 0 Å². The Morgan fingerprint density at radius 3 is 2.39 bits per heavy atom. The number of hydrogen-bond donors (Lipinski definition) is 1. The third kappa shape index (κ3) is 4.10. The van der Waals surface area contributed by atoms with Crippen LogP contribution in [0.5, 0.6) is 0 Å². The summed E-state index contributed by atoms with van der Waals surface area (Å²) in [5.41, 5.74) is 2.48. The van der Waals surface area contributed by atoms with E-state index in [0.29, 0.717) is 16.3 Å². The van der Waals surface area contributed by atoms with Crippen LogP contribution in [0.25, 0.3) is 10.8 Å². The van der Waals surface area contributed by atoms with Crippen molar-refractivity contribution in [3.63, 3.8) is 0 Å². The molecule has 0 aliphatic rings. The molecule has 1 heterocycles. The van der Waals surface area contributed by atoms with Gasteiger partial charge in [0.05, 0.1) is 11.4 Å². The Morgan fingerprint density at radius 1 is 1.00 bits per heavy atom. The molecule has 0 fully saturated rings. The minimum absolute atomic E-state index is 0.143. The van der Waals surface area contributed by atoms with Crippen molar-refractivity contribution in [2.45, 2.75) is 19.4 Å². The topological polar surface area (TPSA) is 64.0 Å². The molecular formula is C25H22FN3O2. The first-order chi connectivity index (χ1) is 15.0. The fourth-order valence-electron chi connectivity index (χ4n) is 3.66. The number of carbonyl (C=O) groups excluding carboxylic acids is 1. The fraction of sp³-hybridized carbons (Fsp3) is 0.160. The van der Waals surface area contributed by atoms with E-state index in [0.717, 1.165) is 16.7 Å². The molecule has 1 aromatic heterocycles. The summed E-state index contributed by atoms with van der Waals surface area (Å²) in [6.07, 6.45) is 0.894. The summed E-state index contributed by atoms with van der Waals surface area (Å²) < 4.78 is 15.1. The quantitative estimate of drug-likeness (QED) is 0.533. The molecule has 0 aliphatic carbocycles. The van der Waals surface area contributed by atoms with Crippen LogP contribution >= 0.6 is 0 Å². The van der Waals surface area contributed by atoms with E-state index in [1.165, 1.54) is 24.7 Å². The molecule has 0 unspecified atom stereocenters.